The Bertz CT molecular complexity index is 1060. The van der Waals surface area contributed by atoms with Crippen LogP contribution in [0.2, 0.25) is 0 Å². The van der Waals surface area contributed by atoms with Crippen LogP contribution in [0.25, 0.3) is 0 Å². The van der Waals surface area contributed by atoms with Crippen LogP contribution in [0.4, 0.5) is 0 Å². The van der Waals surface area contributed by atoms with Crippen LogP contribution in [-0.4, -0.2) is 158 Å². The Kier molecular flexibility index (Phi) is 26.4. The summed E-state index contributed by atoms with van der Waals surface area (Å²) in [5, 5.41) is 0. The summed E-state index contributed by atoms with van der Waals surface area (Å²) in [7, 11) is 0. The molecule has 0 saturated heterocycles. The number of Topliss-reactive ketones (excluding diaryl/α,β-unsaturated/α-hetero) is 1. The lowest BCUT2D eigenvalue weighted by atomic mass is 9.90. The highest BCUT2D eigenvalue weighted by molar-refractivity contribution is 5.92. The number of nitrogens with zero attached hydrogens (tertiary/aromatic N) is 5. The van der Waals surface area contributed by atoms with Gasteiger partial charge in [0.2, 0.25) is 23.6 Å². The highest BCUT2D eigenvalue weighted by Gasteiger charge is 2.31. The predicted octanol–water partition coefficient (Wildman–Crippen LogP) is 0.711. The van der Waals surface area contributed by atoms with Crippen LogP contribution in [0.15, 0.2) is 0 Å². The Hall–Kier alpha value is -2.69. The Morgan fingerprint density at radius 3 is 0.906 bits per heavy atom. The Labute approximate surface area is 321 Å². The topological polar surface area (TPSA) is 232 Å². The molecule has 0 unspecified atom stereocenters. The van der Waals surface area contributed by atoms with Crippen molar-refractivity contribution in [3.05, 3.63) is 0 Å². The van der Waals surface area contributed by atoms with Crippen LogP contribution in [0, 0.1) is 5.41 Å². The van der Waals surface area contributed by atoms with Gasteiger partial charge in [0.05, 0.1) is 32.7 Å². The summed E-state index contributed by atoms with van der Waals surface area (Å²) >= 11 is 0. The lowest BCUT2D eigenvalue weighted by Gasteiger charge is -2.37. The molecule has 4 amide bonds. The van der Waals surface area contributed by atoms with E-state index in [-0.39, 0.29) is 80.8 Å². The van der Waals surface area contributed by atoms with Gasteiger partial charge >= 0.3 is 0 Å². The van der Waals surface area contributed by atoms with Gasteiger partial charge in [-0.3, -0.25) is 28.9 Å². The van der Waals surface area contributed by atoms with E-state index in [1.165, 1.54) is 14.7 Å². The number of rotatable bonds is 30. The standard InChI is InChI=1S/C38H78N10O5/c1-37(2,3)32(49)27-44(22-12-7-17-39)33(50)28-45(23-13-8-18-40)34(51)29-46(24-14-9-19-41)35(52)30-47(25-15-10-20-42)36(53)31-48(38(4,5)6)26-16-11-21-43/h7-31,39-43H2,1-6H3. The Morgan fingerprint density at radius 1 is 0.377 bits per heavy atom. The Morgan fingerprint density at radius 2 is 0.642 bits per heavy atom. The minimum absolute atomic E-state index is 0.0604. The quantitative estimate of drug-likeness (QED) is 0.0641. The van der Waals surface area contributed by atoms with E-state index < -0.39 is 5.41 Å². The lowest BCUT2D eigenvalue weighted by molar-refractivity contribution is -0.147. The first-order chi connectivity index (χ1) is 25.0. The minimum Gasteiger partial charge on any atom is -0.334 e. The number of carbonyl (C=O) groups is 5. The lowest BCUT2D eigenvalue weighted by Crippen LogP contribution is -2.52. The zero-order chi connectivity index (χ0) is 40.5. The van der Waals surface area contributed by atoms with Gasteiger partial charge in [-0.05, 0) is 124 Å². The predicted molar refractivity (Wildman–Crippen MR) is 214 cm³/mol. The van der Waals surface area contributed by atoms with Crippen LogP contribution >= 0.6 is 0 Å². The fourth-order valence-corrected chi connectivity index (χ4v) is 5.52. The molecule has 0 spiro atoms. The zero-order valence-electron chi connectivity index (χ0n) is 34.3. The second-order valence-corrected chi connectivity index (χ2v) is 16.0. The number of unbranched alkanes of at least 4 members (excludes halogenated alkanes) is 5. The Balaban J connectivity index is 6.29. The van der Waals surface area contributed by atoms with Crippen LogP contribution in [0.5, 0.6) is 0 Å². The molecule has 0 radical (unpaired) electrons. The second kappa shape index (κ2) is 27.8. The summed E-state index contributed by atoms with van der Waals surface area (Å²) in [6.45, 7) is 15.3. The molecule has 0 rings (SSSR count). The normalized spacial score (nSPS) is 11.8. The molecule has 0 aromatic carbocycles. The van der Waals surface area contributed by atoms with Gasteiger partial charge in [0.25, 0.3) is 0 Å². The van der Waals surface area contributed by atoms with E-state index in [9.17, 15) is 24.0 Å². The maximum absolute atomic E-state index is 14.0. The summed E-state index contributed by atoms with van der Waals surface area (Å²) in [5.41, 5.74) is 27.8. The second-order valence-electron chi connectivity index (χ2n) is 16.0. The molecule has 15 heteroatoms. The first kappa shape index (κ1) is 50.3. The van der Waals surface area contributed by atoms with Gasteiger partial charge in [-0.1, -0.05) is 20.8 Å². The van der Waals surface area contributed by atoms with Gasteiger partial charge in [-0.2, -0.15) is 0 Å². The number of hydrogen-bond donors (Lipinski definition) is 5. The summed E-state index contributed by atoms with van der Waals surface area (Å²) in [6, 6.07) is 0. The van der Waals surface area contributed by atoms with Gasteiger partial charge in [-0.15, -0.1) is 0 Å². The molecule has 0 heterocycles. The molecule has 0 aromatic heterocycles. The minimum atomic E-state index is -0.636. The van der Waals surface area contributed by atoms with Crippen molar-refractivity contribution in [2.45, 2.75) is 111 Å². The van der Waals surface area contributed by atoms with E-state index >= 15 is 0 Å². The van der Waals surface area contributed by atoms with Gasteiger partial charge in [0.15, 0.2) is 5.78 Å². The average Bonchev–Trinajstić information content (AvgIpc) is 3.08. The van der Waals surface area contributed by atoms with Crippen LogP contribution in [-0.2, 0) is 24.0 Å². The molecule has 10 N–H and O–H groups in total. The van der Waals surface area contributed by atoms with E-state index in [1.54, 1.807) is 4.90 Å². The van der Waals surface area contributed by atoms with E-state index in [0.29, 0.717) is 104 Å². The molecular weight excluding hydrogens is 676 g/mol. The van der Waals surface area contributed by atoms with E-state index in [2.05, 4.69) is 25.7 Å². The molecule has 310 valence electrons. The number of ketones is 1. The number of nitrogens with two attached hydrogens (primary N) is 5. The fourth-order valence-electron chi connectivity index (χ4n) is 5.52. The van der Waals surface area contributed by atoms with E-state index in [1.807, 2.05) is 20.8 Å². The highest BCUT2D eigenvalue weighted by atomic mass is 16.2. The third-order valence-electron chi connectivity index (χ3n) is 9.25. The summed E-state index contributed by atoms with van der Waals surface area (Å²) in [4.78, 5) is 76.7. The highest BCUT2D eigenvalue weighted by Crippen LogP contribution is 2.17. The van der Waals surface area contributed by atoms with Crippen molar-refractivity contribution in [2.75, 3.05) is 98.2 Å². The molecule has 0 atom stereocenters. The molecule has 53 heavy (non-hydrogen) atoms. The van der Waals surface area contributed by atoms with Crippen molar-refractivity contribution in [3.8, 4) is 0 Å². The van der Waals surface area contributed by atoms with Crippen molar-refractivity contribution >= 4 is 29.4 Å². The van der Waals surface area contributed by atoms with Crippen molar-refractivity contribution in [3.63, 3.8) is 0 Å². The molecule has 0 saturated carbocycles. The smallest absolute Gasteiger partial charge is 0.242 e. The summed E-state index contributed by atoms with van der Waals surface area (Å²) in [6.07, 6.45) is 6.82. The van der Waals surface area contributed by atoms with E-state index in [4.69, 9.17) is 28.7 Å². The van der Waals surface area contributed by atoms with Gasteiger partial charge < -0.3 is 48.3 Å². The monoisotopic (exact) mass is 755 g/mol. The van der Waals surface area contributed by atoms with Gasteiger partial charge in [0, 0.05) is 37.1 Å². The molecule has 0 aliphatic rings. The molecule has 0 fully saturated rings. The van der Waals surface area contributed by atoms with E-state index in [0.717, 1.165) is 12.8 Å². The largest absolute Gasteiger partial charge is 0.334 e. The molecule has 0 aliphatic carbocycles. The number of hydrogen-bond acceptors (Lipinski definition) is 11. The first-order valence-corrected chi connectivity index (χ1v) is 19.9. The SMILES string of the molecule is CC(C)(C)C(=O)CN(CCCCN)C(=O)CN(CCCCN)C(=O)CN(CCCCN)C(=O)CN(CCCCN)C(=O)CN(CCCCN)C(C)(C)C. The third-order valence-corrected chi connectivity index (χ3v) is 9.25. The van der Waals surface area contributed by atoms with Crippen LogP contribution < -0.4 is 28.7 Å². The summed E-state index contributed by atoms with van der Waals surface area (Å²) in [5.74, 6) is -1.33. The molecular formula is C38H78N10O5. The maximum atomic E-state index is 14.0. The fraction of sp³-hybridized carbons (Fsp3) is 0.868. The third kappa shape index (κ3) is 22.3. The molecule has 15 nitrogen and oxygen atoms in total. The van der Waals surface area contributed by atoms with Crippen molar-refractivity contribution in [2.24, 2.45) is 34.1 Å². The summed E-state index contributed by atoms with van der Waals surface area (Å²) < 4.78 is 0. The molecule has 0 aliphatic heterocycles. The maximum Gasteiger partial charge on any atom is 0.242 e. The van der Waals surface area contributed by atoms with Gasteiger partial charge in [-0.25, -0.2) is 0 Å². The van der Waals surface area contributed by atoms with Crippen molar-refractivity contribution in [1.29, 1.82) is 0 Å². The molecule has 0 bridgehead atoms. The van der Waals surface area contributed by atoms with Crippen LogP contribution in [0.1, 0.15) is 106 Å². The van der Waals surface area contributed by atoms with Crippen molar-refractivity contribution in [1.82, 2.24) is 24.5 Å². The zero-order valence-corrected chi connectivity index (χ0v) is 34.3. The average molecular weight is 755 g/mol. The van der Waals surface area contributed by atoms with Crippen LogP contribution in [0.3, 0.4) is 0 Å². The first-order valence-electron chi connectivity index (χ1n) is 19.9. The number of amides is 4. The number of carbonyl (C=O) groups excluding carboxylic acids is 5. The molecule has 0 aromatic rings. The van der Waals surface area contributed by atoms with Gasteiger partial charge in [0.1, 0.15) is 0 Å². The van der Waals surface area contributed by atoms with Crippen molar-refractivity contribution < 1.29 is 24.0 Å².